The average Bonchev–Trinajstić information content (AvgIpc) is 3.55. The lowest BCUT2D eigenvalue weighted by atomic mass is 9.81. The first-order chi connectivity index (χ1) is 29.0. The molecular formula is C57H40N2. The van der Waals surface area contributed by atoms with Crippen LogP contribution in [0.4, 0.5) is 0 Å². The molecule has 59 heavy (non-hydrogen) atoms. The molecule has 0 amide bonds. The summed E-state index contributed by atoms with van der Waals surface area (Å²) in [5.74, 6) is 0.700. The van der Waals surface area contributed by atoms with Crippen LogP contribution in [-0.2, 0) is 5.41 Å². The summed E-state index contributed by atoms with van der Waals surface area (Å²) in [7, 11) is 0. The number of hydrogen-bond acceptors (Lipinski definition) is 2. The van der Waals surface area contributed by atoms with Crippen molar-refractivity contribution in [1.29, 1.82) is 0 Å². The van der Waals surface area contributed by atoms with E-state index in [1.807, 2.05) is 0 Å². The number of hydrogen-bond donors (Lipinski definition) is 0. The second-order valence-electron chi connectivity index (χ2n) is 16.1. The van der Waals surface area contributed by atoms with E-state index in [0.717, 1.165) is 44.6 Å². The Morgan fingerprint density at radius 1 is 0.322 bits per heavy atom. The Bertz CT molecular complexity index is 3220. The van der Waals surface area contributed by atoms with Crippen LogP contribution in [0.25, 0.3) is 100.0 Å². The molecule has 0 bridgehead atoms. The van der Waals surface area contributed by atoms with Crippen molar-refractivity contribution in [3.8, 4) is 78.4 Å². The molecule has 0 fully saturated rings. The lowest BCUT2D eigenvalue weighted by molar-refractivity contribution is 0.661. The van der Waals surface area contributed by atoms with E-state index in [1.165, 1.54) is 60.7 Å². The van der Waals surface area contributed by atoms with E-state index in [-0.39, 0.29) is 5.41 Å². The fraction of sp³-hybridized carbons (Fsp3) is 0.0526. The number of nitrogens with zero attached hydrogens (tertiary/aromatic N) is 2. The Labute approximate surface area is 345 Å². The highest BCUT2D eigenvalue weighted by Crippen LogP contribution is 2.55. The molecule has 0 N–H and O–H groups in total. The molecule has 2 nitrogen and oxygen atoms in total. The fourth-order valence-electron chi connectivity index (χ4n) is 9.40. The Morgan fingerprint density at radius 3 is 1.64 bits per heavy atom. The third kappa shape index (κ3) is 5.79. The molecule has 1 heterocycles. The van der Waals surface area contributed by atoms with Gasteiger partial charge in [-0.05, 0) is 95.4 Å². The van der Waals surface area contributed by atoms with Crippen molar-refractivity contribution in [2.24, 2.45) is 0 Å². The van der Waals surface area contributed by atoms with Crippen molar-refractivity contribution in [3.05, 3.63) is 217 Å². The minimum Gasteiger partial charge on any atom is -0.228 e. The number of aromatic nitrogens is 2. The van der Waals surface area contributed by atoms with Gasteiger partial charge in [-0.15, -0.1) is 0 Å². The van der Waals surface area contributed by atoms with Crippen molar-refractivity contribution in [2.75, 3.05) is 0 Å². The van der Waals surface area contributed by atoms with Gasteiger partial charge < -0.3 is 0 Å². The number of benzene rings is 9. The topological polar surface area (TPSA) is 25.8 Å². The molecule has 1 aliphatic rings. The van der Waals surface area contributed by atoms with E-state index in [1.54, 1.807) is 0 Å². The third-order valence-electron chi connectivity index (χ3n) is 12.3. The standard InChI is InChI=1S/C57H40N2/c1-57(2)50-28-16-27-47(55(50)54-42-24-13-12-21-39(42)30-34-51(54)57)45-32-33-48(44-26-15-14-25-43(44)45)56-58-52(40-22-10-5-11-23-40)36-53(59-56)46-31-29-41(37-17-6-3-7-18-37)35-49(46)38-19-8-4-9-20-38/h3-36H,1-2H3. The largest absolute Gasteiger partial charge is 0.228 e. The molecule has 1 aliphatic carbocycles. The predicted molar refractivity (Wildman–Crippen MR) is 247 cm³/mol. The van der Waals surface area contributed by atoms with Crippen LogP contribution >= 0.6 is 0 Å². The van der Waals surface area contributed by atoms with Crippen LogP contribution in [0.1, 0.15) is 25.0 Å². The summed E-state index contributed by atoms with van der Waals surface area (Å²) in [4.78, 5) is 10.8. The Kier molecular flexibility index (Phi) is 8.20. The molecule has 11 rings (SSSR count). The highest BCUT2D eigenvalue weighted by atomic mass is 14.9. The molecule has 1 aromatic heterocycles. The average molecular weight is 753 g/mol. The van der Waals surface area contributed by atoms with E-state index in [9.17, 15) is 0 Å². The van der Waals surface area contributed by atoms with Crippen LogP contribution in [0, 0.1) is 0 Å². The molecule has 9 aromatic carbocycles. The zero-order chi connectivity index (χ0) is 39.5. The Balaban J connectivity index is 1.13. The maximum absolute atomic E-state index is 5.47. The summed E-state index contributed by atoms with van der Waals surface area (Å²) in [6.07, 6.45) is 0. The SMILES string of the molecule is CC1(C)c2cccc(-c3ccc(-c4nc(-c5ccccc5)cc(-c5ccc(-c6ccccc6)cc5-c5ccccc5)n4)c4ccccc34)c2-c2c1ccc1ccccc21. The van der Waals surface area contributed by atoms with Crippen LogP contribution in [0.2, 0.25) is 0 Å². The first-order valence-electron chi connectivity index (χ1n) is 20.4. The highest BCUT2D eigenvalue weighted by molar-refractivity contribution is 6.11. The van der Waals surface area contributed by atoms with Gasteiger partial charge in [-0.25, -0.2) is 9.97 Å². The Hall–Kier alpha value is -7.42. The molecule has 0 unspecified atom stereocenters. The smallest absolute Gasteiger partial charge is 0.161 e. The lowest BCUT2D eigenvalue weighted by Gasteiger charge is -2.22. The minimum absolute atomic E-state index is 0.125. The van der Waals surface area contributed by atoms with Crippen LogP contribution in [-0.4, -0.2) is 9.97 Å². The van der Waals surface area contributed by atoms with Crippen molar-refractivity contribution < 1.29 is 0 Å². The van der Waals surface area contributed by atoms with Gasteiger partial charge in [0.2, 0.25) is 0 Å². The maximum atomic E-state index is 5.47. The first-order valence-corrected chi connectivity index (χ1v) is 20.4. The molecule has 0 aliphatic heterocycles. The lowest BCUT2D eigenvalue weighted by Crippen LogP contribution is -2.14. The quantitative estimate of drug-likeness (QED) is 0.169. The van der Waals surface area contributed by atoms with E-state index < -0.39 is 0 Å². The summed E-state index contributed by atoms with van der Waals surface area (Å²) >= 11 is 0. The molecule has 0 saturated carbocycles. The molecular weight excluding hydrogens is 713 g/mol. The van der Waals surface area contributed by atoms with E-state index in [0.29, 0.717) is 5.82 Å². The van der Waals surface area contributed by atoms with E-state index >= 15 is 0 Å². The normalized spacial score (nSPS) is 12.7. The van der Waals surface area contributed by atoms with Crippen LogP contribution < -0.4 is 0 Å². The second-order valence-corrected chi connectivity index (χ2v) is 16.1. The Morgan fingerprint density at radius 2 is 0.898 bits per heavy atom. The number of fused-ring (bicyclic) bond motifs is 6. The van der Waals surface area contributed by atoms with Crippen molar-refractivity contribution >= 4 is 21.5 Å². The predicted octanol–water partition coefficient (Wildman–Crippen LogP) is 15.1. The molecule has 10 aromatic rings. The number of rotatable bonds is 6. The van der Waals surface area contributed by atoms with Gasteiger partial charge in [-0.2, -0.15) is 0 Å². The van der Waals surface area contributed by atoms with Crippen LogP contribution in [0.15, 0.2) is 206 Å². The molecule has 278 valence electrons. The minimum atomic E-state index is -0.125. The van der Waals surface area contributed by atoms with Gasteiger partial charge >= 0.3 is 0 Å². The van der Waals surface area contributed by atoms with Gasteiger partial charge in [0.25, 0.3) is 0 Å². The van der Waals surface area contributed by atoms with Crippen LogP contribution in [0.3, 0.4) is 0 Å². The van der Waals surface area contributed by atoms with Gasteiger partial charge in [0, 0.05) is 22.1 Å². The molecule has 0 atom stereocenters. The summed E-state index contributed by atoms with van der Waals surface area (Å²) in [6.45, 7) is 4.73. The zero-order valence-corrected chi connectivity index (χ0v) is 33.0. The highest BCUT2D eigenvalue weighted by Gasteiger charge is 2.38. The molecule has 0 saturated heterocycles. The van der Waals surface area contributed by atoms with Gasteiger partial charge in [0.15, 0.2) is 5.82 Å². The van der Waals surface area contributed by atoms with Crippen molar-refractivity contribution in [1.82, 2.24) is 9.97 Å². The van der Waals surface area contributed by atoms with Crippen molar-refractivity contribution in [2.45, 2.75) is 19.3 Å². The second kappa shape index (κ2) is 13.9. The van der Waals surface area contributed by atoms with E-state index in [2.05, 4.69) is 220 Å². The van der Waals surface area contributed by atoms with Gasteiger partial charge in [-0.1, -0.05) is 202 Å². The fourth-order valence-corrected chi connectivity index (χ4v) is 9.40. The summed E-state index contributed by atoms with van der Waals surface area (Å²) in [5.41, 5.74) is 17.3. The molecule has 2 heteroatoms. The van der Waals surface area contributed by atoms with E-state index in [4.69, 9.17) is 9.97 Å². The van der Waals surface area contributed by atoms with Gasteiger partial charge in [0.1, 0.15) is 0 Å². The summed E-state index contributed by atoms with van der Waals surface area (Å²) < 4.78 is 0. The maximum Gasteiger partial charge on any atom is 0.161 e. The van der Waals surface area contributed by atoms with Crippen LogP contribution in [0.5, 0.6) is 0 Å². The zero-order valence-electron chi connectivity index (χ0n) is 33.0. The van der Waals surface area contributed by atoms with Gasteiger partial charge in [-0.3, -0.25) is 0 Å². The van der Waals surface area contributed by atoms with Gasteiger partial charge in [0.05, 0.1) is 11.4 Å². The molecule has 0 radical (unpaired) electrons. The summed E-state index contributed by atoms with van der Waals surface area (Å²) in [6, 6.07) is 74.2. The first kappa shape index (κ1) is 34.8. The van der Waals surface area contributed by atoms with Crippen molar-refractivity contribution in [3.63, 3.8) is 0 Å². The summed E-state index contributed by atoms with van der Waals surface area (Å²) in [5, 5.41) is 4.87. The third-order valence-corrected chi connectivity index (χ3v) is 12.3. The monoisotopic (exact) mass is 752 g/mol. The molecule has 0 spiro atoms.